The highest BCUT2D eigenvalue weighted by atomic mass is 15.0. The Labute approximate surface area is 94.9 Å². The zero-order chi connectivity index (χ0) is 11.0. The Morgan fingerprint density at radius 3 is 2.94 bits per heavy atom. The normalized spacial score (nSPS) is 24.4. The number of nitrogen functional groups attached to an aromatic ring is 1. The van der Waals surface area contributed by atoms with Crippen molar-refractivity contribution in [3.05, 3.63) is 17.1 Å². The lowest BCUT2D eigenvalue weighted by atomic mass is 10.0. The molecule has 3 heterocycles. The Balaban J connectivity index is 1.97. The first-order chi connectivity index (χ1) is 7.84. The maximum absolute atomic E-state index is 6.01. The van der Waals surface area contributed by atoms with E-state index in [-0.39, 0.29) is 0 Å². The summed E-state index contributed by atoms with van der Waals surface area (Å²) in [5, 5.41) is 6.66. The fraction of sp³-hybridized carbons (Fsp3) is 0.636. The number of aromatic nitrogens is 2. The molecule has 0 bridgehead atoms. The summed E-state index contributed by atoms with van der Waals surface area (Å²) >= 11 is 0. The molecule has 1 atom stereocenters. The smallest absolute Gasteiger partial charge is 0.135 e. The van der Waals surface area contributed by atoms with Crippen molar-refractivity contribution in [2.45, 2.75) is 25.3 Å². The van der Waals surface area contributed by atoms with E-state index in [9.17, 15) is 0 Å². The highest BCUT2D eigenvalue weighted by molar-refractivity contribution is 5.44. The van der Waals surface area contributed by atoms with Crippen molar-refractivity contribution in [3.63, 3.8) is 0 Å². The third-order valence-electron chi connectivity index (χ3n) is 3.41. The lowest BCUT2D eigenvalue weighted by Gasteiger charge is -2.19. The largest absolute Gasteiger partial charge is 0.383 e. The molecule has 1 aromatic heterocycles. The van der Waals surface area contributed by atoms with E-state index in [0.717, 1.165) is 56.1 Å². The van der Waals surface area contributed by atoms with E-state index in [0.29, 0.717) is 11.7 Å². The summed E-state index contributed by atoms with van der Waals surface area (Å²) in [7, 11) is 0. The second-order valence-corrected chi connectivity index (χ2v) is 4.51. The van der Waals surface area contributed by atoms with Gasteiger partial charge in [0.15, 0.2) is 0 Å². The summed E-state index contributed by atoms with van der Waals surface area (Å²) in [6, 6.07) is 0. The molecule has 1 saturated heterocycles. The molecule has 0 radical (unpaired) electrons. The summed E-state index contributed by atoms with van der Waals surface area (Å²) in [4.78, 5) is 9.13. The van der Waals surface area contributed by atoms with Gasteiger partial charge in [-0.25, -0.2) is 9.97 Å². The molecule has 4 N–H and O–H groups in total. The molecule has 5 nitrogen and oxygen atoms in total. The van der Waals surface area contributed by atoms with Gasteiger partial charge in [0.1, 0.15) is 11.6 Å². The van der Waals surface area contributed by atoms with Crippen LogP contribution in [0.2, 0.25) is 0 Å². The first-order valence-corrected chi connectivity index (χ1v) is 5.91. The third kappa shape index (κ3) is 1.66. The van der Waals surface area contributed by atoms with Crippen molar-refractivity contribution in [1.29, 1.82) is 0 Å². The van der Waals surface area contributed by atoms with Gasteiger partial charge in [0.25, 0.3) is 0 Å². The Kier molecular flexibility index (Phi) is 2.49. The molecule has 0 amide bonds. The average Bonchev–Trinajstić information content (AvgIpc) is 2.82. The van der Waals surface area contributed by atoms with Crippen LogP contribution in [0.25, 0.3) is 0 Å². The first-order valence-electron chi connectivity index (χ1n) is 5.91. The van der Waals surface area contributed by atoms with Gasteiger partial charge in [-0.05, 0) is 25.9 Å². The molecule has 0 aromatic carbocycles. The van der Waals surface area contributed by atoms with Gasteiger partial charge in [0, 0.05) is 24.6 Å². The number of rotatable bonds is 1. The molecule has 0 aliphatic carbocycles. The Morgan fingerprint density at radius 2 is 2.12 bits per heavy atom. The molecule has 2 aliphatic rings. The predicted molar refractivity (Wildman–Crippen MR) is 62.1 cm³/mol. The number of anilines is 1. The summed E-state index contributed by atoms with van der Waals surface area (Å²) in [5.74, 6) is 2.05. The van der Waals surface area contributed by atoms with Gasteiger partial charge in [-0.1, -0.05) is 0 Å². The van der Waals surface area contributed by atoms with Gasteiger partial charge in [0.2, 0.25) is 0 Å². The molecule has 3 rings (SSSR count). The van der Waals surface area contributed by atoms with Crippen LogP contribution in [0.5, 0.6) is 0 Å². The molecule has 0 spiro atoms. The van der Waals surface area contributed by atoms with E-state index in [1.807, 2.05) is 0 Å². The van der Waals surface area contributed by atoms with Gasteiger partial charge < -0.3 is 16.4 Å². The van der Waals surface area contributed by atoms with E-state index in [4.69, 9.17) is 5.73 Å². The molecule has 5 heteroatoms. The van der Waals surface area contributed by atoms with Crippen LogP contribution < -0.4 is 16.4 Å². The van der Waals surface area contributed by atoms with Crippen LogP contribution >= 0.6 is 0 Å². The Hall–Kier alpha value is -1.20. The van der Waals surface area contributed by atoms with E-state index in [2.05, 4.69) is 20.6 Å². The molecule has 16 heavy (non-hydrogen) atoms. The zero-order valence-corrected chi connectivity index (χ0v) is 9.29. The highest BCUT2D eigenvalue weighted by Gasteiger charge is 2.23. The third-order valence-corrected chi connectivity index (χ3v) is 3.41. The Bertz CT molecular complexity index is 398. The second kappa shape index (κ2) is 3.99. The van der Waals surface area contributed by atoms with E-state index >= 15 is 0 Å². The minimum Gasteiger partial charge on any atom is -0.383 e. The van der Waals surface area contributed by atoms with Gasteiger partial charge in [-0.3, -0.25) is 0 Å². The van der Waals surface area contributed by atoms with Crippen LogP contribution in [0.1, 0.15) is 29.4 Å². The monoisotopic (exact) mass is 219 g/mol. The molecule has 1 aromatic rings. The molecular formula is C11H17N5. The van der Waals surface area contributed by atoms with Gasteiger partial charge >= 0.3 is 0 Å². The highest BCUT2D eigenvalue weighted by Crippen LogP contribution is 2.24. The van der Waals surface area contributed by atoms with Crippen LogP contribution in [0, 0.1) is 0 Å². The van der Waals surface area contributed by atoms with E-state index in [1.54, 1.807) is 0 Å². The number of hydrogen-bond acceptors (Lipinski definition) is 5. The van der Waals surface area contributed by atoms with Gasteiger partial charge in [0.05, 0.1) is 5.69 Å². The lowest BCUT2D eigenvalue weighted by molar-refractivity contribution is 0.606. The van der Waals surface area contributed by atoms with Gasteiger partial charge in [-0.2, -0.15) is 0 Å². The zero-order valence-electron chi connectivity index (χ0n) is 9.29. The number of nitrogens with zero attached hydrogens (tertiary/aromatic N) is 2. The molecule has 0 unspecified atom stereocenters. The van der Waals surface area contributed by atoms with Crippen molar-refractivity contribution < 1.29 is 0 Å². The summed E-state index contributed by atoms with van der Waals surface area (Å²) < 4.78 is 0. The number of nitrogens with two attached hydrogens (primary N) is 1. The van der Waals surface area contributed by atoms with Crippen LogP contribution in [0.3, 0.4) is 0 Å². The standard InChI is InChI=1S/C11H17N5/c12-10-8-2-4-14-6-9(8)15-11(16-10)7-1-3-13-5-7/h7,13-14H,1-6H2,(H2,12,15,16)/t7-/m1/s1. The van der Waals surface area contributed by atoms with Crippen LogP contribution in [-0.2, 0) is 13.0 Å². The second-order valence-electron chi connectivity index (χ2n) is 4.51. The number of fused-ring (bicyclic) bond motifs is 1. The van der Waals surface area contributed by atoms with Crippen LogP contribution in [0.15, 0.2) is 0 Å². The lowest BCUT2D eigenvalue weighted by Crippen LogP contribution is -2.27. The van der Waals surface area contributed by atoms with Crippen molar-refractivity contribution in [2.24, 2.45) is 0 Å². The fourth-order valence-electron chi connectivity index (χ4n) is 2.47. The van der Waals surface area contributed by atoms with Crippen molar-refractivity contribution in [3.8, 4) is 0 Å². The van der Waals surface area contributed by atoms with Crippen LogP contribution in [0.4, 0.5) is 5.82 Å². The number of nitrogens with one attached hydrogen (secondary N) is 2. The molecule has 1 fully saturated rings. The van der Waals surface area contributed by atoms with Crippen LogP contribution in [-0.4, -0.2) is 29.6 Å². The van der Waals surface area contributed by atoms with E-state index < -0.39 is 0 Å². The maximum Gasteiger partial charge on any atom is 0.135 e. The first kappa shape index (κ1) is 9.99. The quantitative estimate of drug-likeness (QED) is 0.609. The van der Waals surface area contributed by atoms with Gasteiger partial charge in [-0.15, -0.1) is 0 Å². The predicted octanol–water partition coefficient (Wildman–Crippen LogP) is -0.219. The topological polar surface area (TPSA) is 75.9 Å². The summed E-state index contributed by atoms with van der Waals surface area (Å²) in [6.45, 7) is 3.84. The molecule has 86 valence electrons. The molecule has 2 aliphatic heterocycles. The minimum absolute atomic E-state index is 0.439. The maximum atomic E-state index is 6.01. The van der Waals surface area contributed by atoms with Crippen molar-refractivity contribution in [2.75, 3.05) is 25.4 Å². The fourth-order valence-corrected chi connectivity index (χ4v) is 2.47. The van der Waals surface area contributed by atoms with Crippen molar-refractivity contribution >= 4 is 5.82 Å². The minimum atomic E-state index is 0.439. The molecule has 0 saturated carbocycles. The number of hydrogen-bond donors (Lipinski definition) is 3. The summed E-state index contributed by atoms with van der Waals surface area (Å²) in [5.41, 5.74) is 8.26. The SMILES string of the molecule is Nc1nc([C@@H]2CCNC2)nc2c1CCNC2. The van der Waals surface area contributed by atoms with E-state index in [1.165, 1.54) is 0 Å². The molecular weight excluding hydrogens is 202 g/mol. The Morgan fingerprint density at radius 1 is 1.19 bits per heavy atom. The summed E-state index contributed by atoms with van der Waals surface area (Å²) in [6.07, 6.45) is 2.07. The van der Waals surface area contributed by atoms with Crippen molar-refractivity contribution in [1.82, 2.24) is 20.6 Å². The average molecular weight is 219 g/mol.